The fraction of sp³-hybridized carbons (Fsp3) is 0.375. The summed E-state index contributed by atoms with van der Waals surface area (Å²) in [4.78, 5) is 3.97. The number of methoxy groups -OCH3 is 1. The number of hydrogen-bond donors (Lipinski definition) is 0. The summed E-state index contributed by atoms with van der Waals surface area (Å²) in [5, 5.41) is 0. The molecule has 13 heavy (non-hydrogen) atoms. The Morgan fingerprint density at radius 1 is 1.54 bits per heavy atom. The molecule has 0 saturated carbocycles. The molecular weight excluding hydrogens is 291 g/mol. The number of alkyl halides is 2. The van der Waals surface area contributed by atoms with Crippen LogP contribution in [0, 0.1) is 10.6 Å². The molecule has 0 radical (unpaired) electrons. The number of ether oxygens (including phenoxy) is 1. The van der Waals surface area contributed by atoms with Crippen molar-refractivity contribution in [2.24, 2.45) is 0 Å². The third kappa shape index (κ3) is 2.26. The quantitative estimate of drug-likeness (QED) is 0.619. The molecule has 0 saturated heterocycles. The Hall–Kier alpha value is -0.460. The summed E-state index contributed by atoms with van der Waals surface area (Å²) >= 11 is 1.88. The minimum atomic E-state index is -2.48. The minimum absolute atomic E-state index is 0.0174. The van der Waals surface area contributed by atoms with Gasteiger partial charge in [0.05, 0.1) is 7.11 Å². The first-order chi connectivity index (χ1) is 6.06. The molecule has 0 amide bonds. The van der Waals surface area contributed by atoms with Gasteiger partial charge in [-0.05, 0) is 35.6 Å². The van der Waals surface area contributed by atoms with E-state index in [1.54, 1.807) is 6.92 Å². The van der Waals surface area contributed by atoms with Crippen LogP contribution in [0.25, 0.3) is 0 Å². The Balaban J connectivity index is 3.27. The zero-order valence-corrected chi connectivity index (χ0v) is 9.30. The first kappa shape index (κ1) is 10.6. The highest BCUT2D eigenvalue weighted by atomic mass is 127. The highest BCUT2D eigenvalue weighted by Gasteiger charge is 2.15. The maximum atomic E-state index is 12.4. The van der Waals surface area contributed by atoms with E-state index in [-0.39, 0.29) is 11.4 Å². The van der Waals surface area contributed by atoms with E-state index in [2.05, 4.69) is 4.98 Å². The van der Waals surface area contributed by atoms with Crippen LogP contribution >= 0.6 is 22.6 Å². The topological polar surface area (TPSA) is 22.1 Å². The number of hydrogen-bond acceptors (Lipinski definition) is 2. The normalized spacial score (nSPS) is 10.6. The number of pyridine rings is 1. The third-order valence-electron chi connectivity index (χ3n) is 1.67. The van der Waals surface area contributed by atoms with Crippen LogP contribution in [-0.4, -0.2) is 12.1 Å². The molecule has 0 N–H and O–H groups in total. The monoisotopic (exact) mass is 299 g/mol. The van der Waals surface area contributed by atoms with E-state index in [0.717, 1.165) is 0 Å². The van der Waals surface area contributed by atoms with Gasteiger partial charge >= 0.3 is 0 Å². The van der Waals surface area contributed by atoms with Crippen molar-refractivity contribution in [1.29, 1.82) is 0 Å². The van der Waals surface area contributed by atoms with Crippen LogP contribution in [0.3, 0.4) is 0 Å². The van der Waals surface area contributed by atoms with Gasteiger partial charge < -0.3 is 4.74 Å². The summed E-state index contributed by atoms with van der Waals surface area (Å²) in [7, 11) is 1.42. The van der Waals surface area contributed by atoms with Crippen molar-refractivity contribution >= 4 is 22.6 Å². The Labute approximate surface area is 88.5 Å². The molecule has 0 unspecified atom stereocenters. The van der Waals surface area contributed by atoms with Crippen LogP contribution in [0.5, 0.6) is 5.88 Å². The Bertz CT molecular complexity index is 317. The van der Waals surface area contributed by atoms with Gasteiger partial charge in [-0.3, -0.25) is 0 Å². The maximum Gasteiger partial charge on any atom is 0.264 e. The van der Waals surface area contributed by atoms with Gasteiger partial charge in [0.2, 0.25) is 5.88 Å². The second-order valence-electron chi connectivity index (χ2n) is 2.47. The summed E-state index contributed by atoms with van der Waals surface area (Å²) in [6.45, 7) is 1.57. The lowest BCUT2D eigenvalue weighted by atomic mass is 10.1. The molecule has 0 aromatic carbocycles. The predicted molar refractivity (Wildman–Crippen MR) is 53.2 cm³/mol. The van der Waals surface area contributed by atoms with Gasteiger partial charge in [0.25, 0.3) is 6.43 Å². The van der Waals surface area contributed by atoms with Crippen molar-refractivity contribution in [2.75, 3.05) is 7.11 Å². The Morgan fingerprint density at radius 3 is 2.62 bits per heavy atom. The van der Waals surface area contributed by atoms with Crippen molar-refractivity contribution < 1.29 is 13.5 Å². The lowest BCUT2D eigenvalue weighted by Gasteiger charge is -2.09. The van der Waals surface area contributed by atoms with E-state index in [1.165, 1.54) is 13.2 Å². The molecule has 5 heteroatoms. The van der Waals surface area contributed by atoms with E-state index < -0.39 is 6.43 Å². The molecule has 0 aliphatic carbocycles. The second-order valence-corrected chi connectivity index (χ2v) is 3.57. The van der Waals surface area contributed by atoms with Crippen LogP contribution in [0.1, 0.15) is 17.6 Å². The minimum Gasteiger partial charge on any atom is -0.481 e. The molecule has 2 nitrogen and oxygen atoms in total. The lowest BCUT2D eigenvalue weighted by Crippen LogP contribution is -1.99. The zero-order valence-electron chi connectivity index (χ0n) is 7.14. The van der Waals surface area contributed by atoms with Gasteiger partial charge in [-0.25, -0.2) is 13.8 Å². The average Bonchev–Trinajstić information content (AvgIpc) is 2.08. The zero-order chi connectivity index (χ0) is 10.0. The van der Waals surface area contributed by atoms with Crippen molar-refractivity contribution in [3.05, 3.63) is 20.9 Å². The van der Waals surface area contributed by atoms with Gasteiger partial charge in [0, 0.05) is 11.1 Å². The third-order valence-corrected chi connectivity index (χ3v) is 2.22. The molecule has 1 heterocycles. The molecule has 0 fully saturated rings. The van der Waals surface area contributed by atoms with Crippen molar-refractivity contribution in [3.8, 4) is 5.88 Å². The van der Waals surface area contributed by atoms with Crippen molar-refractivity contribution in [2.45, 2.75) is 13.3 Å². The van der Waals surface area contributed by atoms with Crippen LogP contribution in [-0.2, 0) is 0 Å². The molecule has 0 aliphatic rings. The standard InChI is InChI=1S/C8H8F2INO/c1-4-5(7(9)10)3-6(11)12-8(4)13-2/h3,7H,1-2H3. The van der Waals surface area contributed by atoms with Gasteiger partial charge in [-0.2, -0.15) is 0 Å². The van der Waals surface area contributed by atoms with Crippen LogP contribution in [0.2, 0.25) is 0 Å². The fourth-order valence-electron chi connectivity index (χ4n) is 0.999. The van der Waals surface area contributed by atoms with E-state index in [0.29, 0.717) is 9.26 Å². The number of halogens is 3. The van der Waals surface area contributed by atoms with Gasteiger partial charge in [-0.15, -0.1) is 0 Å². The first-order valence-electron chi connectivity index (χ1n) is 3.55. The number of aromatic nitrogens is 1. The smallest absolute Gasteiger partial charge is 0.264 e. The molecule has 0 atom stereocenters. The molecule has 1 aromatic rings. The van der Waals surface area contributed by atoms with Crippen LogP contribution < -0.4 is 4.74 Å². The van der Waals surface area contributed by atoms with Crippen LogP contribution in [0.15, 0.2) is 6.07 Å². The van der Waals surface area contributed by atoms with E-state index in [9.17, 15) is 8.78 Å². The molecular formula is C8H8F2INO. The van der Waals surface area contributed by atoms with E-state index >= 15 is 0 Å². The molecule has 1 rings (SSSR count). The Kier molecular flexibility index (Phi) is 3.40. The Morgan fingerprint density at radius 2 is 2.15 bits per heavy atom. The average molecular weight is 299 g/mol. The van der Waals surface area contributed by atoms with Crippen molar-refractivity contribution in [3.63, 3.8) is 0 Å². The summed E-state index contributed by atoms with van der Waals surface area (Å²) in [5.74, 6) is 0.266. The molecule has 0 bridgehead atoms. The lowest BCUT2D eigenvalue weighted by molar-refractivity contribution is 0.149. The first-order valence-corrected chi connectivity index (χ1v) is 4.63. The largest absolute Gasteiger partial charge is 0.481 e. The fourth-order valence-corrected chi connectivity index (χ4v) is 1.55. The second kappa shape index (κ2) is 4.17. The van der Waals surface area contributed by atoms with Gasteiger partial charge in [0.15, 0.2) is 0 Å². The van der Waals surface area contributed by atoms with Crippen LogP contribution in [0.4, 0.5) is 8.78 Å². The summed E-state index contributed by atoms with van der Waals surface area (Å²) in [6.07, 6.45) is -2.48. The maximum absolute atomic E-state index is 12.4. The molecule has 0 aliphatic heterocycles. The number of rotatable bonds is 2. The highest BCUT2D eigenvalue weighted by molar-refractivity contribution is 14.1. The summed E-state index contributed by atoms with van der Waals surface area (Å²) in [6, 6.07) is 1.36. The summed E-state index contributed by atoms with van der Waals surface area (Å²) < 4.78 is 30.3. The van der Waals surface area contributed by atoms with Gasteiger partial charge in [-0.1, -0.05) is 0 Å². The van der Waals surface area contributed by atoms with Gasteiger partial charge in [0.1, 0.15) is 3.70 Å². The summed E-state index contributed by atoms with van der Waals surface area (Å²) in [5.41, 5.74) is 0.383. The molecule has 72 valence electrons. The van der Waals surface area contributed by atoms with E-state index in [1.807, 2.05) is 22.6 Å². The van der Waals surface area contributed by atoms with Crippen molar-refractivity contribution in [1.82, 2.24) is 4.98 Å². The number of nitrogens with zero attached hydrogens (tertiary/aromatic N) is 1. The predicted octanol–water partition coefficient (Wildman–Crippen LogP) is 2.94. The SMILES string of the molecule is COc1nc(I)cc(C(F)F)c1C. The highest BCUT2D eigenvalue weighted by Crippen LogP contribution is 2.28. The van der Waals surface area contributed by atoms with E-state index in [4.69, 9.17) is 4.74 Å². The molecule has 0 spiro atoms. The molecule has 1 aromatic heterocycles.